The number of nitrogens with zero attached hydrogens (tertiary/aromatic N) is 3. The van der Waals surface area contributed by atoms with Crippen molar-refractivity contribution in [3.05, 3.63) is 77.1 Å². The predicted molar refractivity (Wildman–Crippen MR) is 85.4 cm³/mol. The second-order valence-electron chi connectivity index (χ2n) is 5.13. The van der Waals surface area contributed by atoms with E-state index in [-0.39, 0.29) is 0 Å². The first-order valence-corrected chi connectivity index (χ1v) is 7.35. The highest BCUT2D eigenvalue weighted by atomic mass is 16.1. The number of carbonyl (C=O) groups excluding carboxylic acids is 1. The fourth-order valence-electron chi connectivity index (χ4n) is 2.44. The molecule has 2 aromatic carbocycles. The van der Waals surface area contributed by atoms with Crippen molar-refractivity contribution in [3.8, 4) is 5.69 Å². The Bertz CT molecular complexity index is 761. The third-order valence-electron chi connectivity index (χ3n) is 3.71. The third kappa shape index (κ3) is 2.81. The van der Waals surface area contributed by atoms with E-state index in [2.05, 4.69) is 29.4 Å². The van der Waals surface area contributed by atoms with Crippen molar-refractivity contribution in [3.63, 3.8) is 0 Å². The molecule has 0 atom stereocenters. The Morgan fingerprint density at radius 2 is 1.73 bits per heavy atom. The maximum absolute atomic E-state index is 11.2. The SMILES string of the molecule is CCc1ccc(-n2nnc(C=O)c2Cc2ccccc2)cc1. The van der Waals surface area contributed by atoms with Crippen LogP contribution in [0.25, 0.3) is 5.69 Å². The van der Waals surface area contributed by atoms with Gasteiger partial charge in [-0.25, -0.2) is 4.68 Å². The molecule has 0 amide bonds. The summed E-state index contributed by atoms with van der Waals surface area (Å²) < 4.78 is 1.75. The van der Waals surface area contributed by atoms with Crippen molar-refractivity contribution in [2.24, 2.45) is 0 Å². The molecular weight excluding hydrogens is 274 g/mol. The zero-order chi connectivity index (χ0) is 15.4. The molecule has 0 aliphatic rings. The lowest BCUT2D eigenvalue weighted by molar-refractivity contribution is 0.111. The van der Waals surface area contributed by atoms with Crippen LogP contribution in [0, 0.1) is 0 Å². The van der Waals surface area contributed by atoms with E-state index >= 15 is 0 Å². The minimum atomic E-state index is 0.392. The van der Waals surface area contributed by atoms with Gasteiger partial charge in [-0.3, -0.25) is 4.79 Å². The van der Waals surface area contributed by atoms with E-state index in [4.69, 9.17) is 0 Å². The standard InChI is InChI=1S/C18H17N3O/c1-2-14-8-10-16(11-9-14)21-18(17(13-22)19-20-21)12-15-6-4-3-5-7-15/h3-11,13H,2,12H2,1H3. The topological polar surface area (TPSA) is 47.8 Å². The third-order valence-corrected chi connectivity index (χ3v) is 3.71. The van der Waals surface area contributed by atoms with Gasteiger partial charge in [-0.1, -0.05) is 54.6 Å². The summed E-state index contributed by atoms with van der Waals surface area (Å²) in [6.07, 6.45) is 2.38. The lowest BCUT2D eigenvalue weighted by Gasteiger charge is -2.08. The Morgan fingerprint density at radius 1 is 1.00 bits per heavy atom. The molecule has 110 valence electrons. The van der Waals surface area contributed by atoms with E-state index in [1.54, 1.807) is 4.68 Å². The van der Waals surface area contributed by atoms with Crippen LogP contribution in [0.5, 0.6) is 0 Å². The quantitative estimate of drug-likeness (QED) is 0.678. The van der Waals surface area contributed by atoms with E-state index in [1.165, 1.54) is 5.56 Å². The van der Waals surface area contributed by atoms with Crippen LogP contribution in [-0.4, -0.2) is 21.3 Å². The van der Waals surface area contributed by atoms with Crippen molar-refractivity contribution >= 4 is 6.29 Å². The molecule has 0 aliphatic carbocycles. The number of aldehydes is 1. The number of aromatic nitrogens is 3. The number of rotatable bonds is 5. The summed E-state index contributed by atoms with van der Waals surface area (Å²) in [5, 5.41) is 8.14. The van der Waals surface area contributed by atoms with Crippen molar-refractivity contribution < 1.29 is 4.79 Å². The average Bonchev–Trinajstić information content (AvgIpc) is 2.98. The minimum absolute atomic E-state index is 0.392. The number of aryl methyl sites for hydroxylation is 1. The van der Waals surface area contributed by atoms with Gasteiger partial charge in [0.25, 0.3) is 0 Å². The molecule has 0 N–H and O–H groups in total. The van der Waals surface area contributed by atoms with Gasteiger partial charge in [-0.05, 0) is 29.7 Å². The van der Waals surface area contributed by atoms with Gasteiger partial charge < -0.3 is 0 Å². The molecule has 0 saturated heterocycles. The zero-order valence-corrected chi connectivity index (χ0v) is 12.4. The molecule has 1 aromatic heterocycles. The fraction of sp³-hybridized carbons (Fsp3) is 0.167. The maximum atomic E-state index is 11.2. The molecular formula is C18H17N3O. The van der Waals surface area contributed by atoms with Crippen LogP contribution in [0.4, 0.5) is 0 Å². The van der Waals surface area contributed by atoms with Crippen LogP contribution in [0.15, 0.2) is 54.6 Å². The van der Waals surface area contributed by atoms with E-state index in [1.807, 2.05) is 42.5 Å². The first-order chi connectivity index (χ1) is 10.8. The molecule has 0 unspecified atom stereocenters. The van der Waals surface area contributed by atoms with Crippen molar-refractivity contribution in [1.82, 2.24) is 15.0 Å². The molecule has 0 radical (unpaired) electrons. The Balaban J connectivity index is 2.00. The monoisotopic (exact) mass is 291 g/mol. The van der Waals surface area contributed by atoms with E-state index in [0.29, 0.717) is 12.1 Å². The minimum Gasteiger partial charge on any atom is -0.296 e. The Hall–Kier alpha value is -2.75. The van der Waals surface area contributed by atoms with Crippen molar-refractivity contribution in [2.45, 2.75) is 19.8 Å². The fourth-order valence-corrected chi connectivity index (χ4v) is 2.44. The van der Waals surface area contributed by atoms with Gasteiger partial charge in [-0.2, -0.15) is 0 Å². The van der Waals surface area contributed by atoms with Crippen LogP contribution < -0.4 is 0 Å². The van der Waals surface area contributed by atoms with Gasteiger partial charge in [0, 0.05) is 6.42 Å². The molecule has 3 rings (SSSR count). The molecule has 0 spiro atoms. The molecule has 4 heteroatoms. The summed E-state index contributed by atoms with van der Waals surface area (Å²) in [6.45, 7) is 2.12. The molecule has 0 aliphatic heterocycles. The highest BCUT2D eigenvalue weighted by Crippen LogP contribution is 2.17. The van der Waals surface area contributed by atoms with Crippen LogP contribution in [0.2, 0.25) is 0 Å². The number of hydrogen-bond acceptors (Lipinski definition) is 3. The Labute approximate surface area is 129 Å². The molecule has 1 heterocycles. The predicted octanol–water partition coefficient (Wildman–Crippen LogP) is 3.23. The summed E-state index contributed by atoms with van der Waals surface area (Å²) >= 11 is 0. The van der Waals surface area contributed by atoms with Crippen molar-refractivity contribution in [1.29, 1.82) is 0 Å². The van der Waals surface area contributed by atoms with Gasteiger partial charge in [0.15, 0.2) is 6.29 Å². The van der Waals surface area contributed by atoms with Gasteiger partial charge in [0.05, 0.1) is 11.4 Å². The summed E-state index contributed by atoms with van der Waals surface area (Å²) in [7, 11) is 0. The molecule has 3 aromatic rings. The maximum Gasteiger partial charge on any atom is 0.172 e. The second kappa shape index (κ2) is 6.35. The summed E-state index contributed by atoms with van der Waals surface area (Å²) in [5.41, 5.74) is 4.51. The molecule has 0 saturated carbocycles. The van der Waals surface area contributed by atoms with Crippen LogP contribution in [0.3, 0.4) is 0 Å². The largest absolute Gasteiger partial charge is 0.296 e. The lowest BCUT2D eigenvalue weighted by Crippen LogP contribution is -2.04. The Morgan fingerprint density at radius 3 is 2.36 bits per heavy atom. The molecule has 0 fully saturated rings. The van der Waals surface area contributed by atoms with Crippen LogP contribution >= 0.6 is 0 Å². The second-order valence-corrected chi connectivity index (χ2v) is 5.13. The van der Waals surface area contributed by atoms with Gasteiger partial charge >= 0.3 is 0 Å². The van der Waals surface area contributed by atoms with Gasteiger partial charge in [-0.15, -0.1) is 5.10 Å². The number of benzene rings is 2. The van der Waals surface area contributed by atoms with Crippen LogP contribution in [-0.2, 0) is 12.8 Å². The smallest absolute Gasteiger partial charge is 0.172 e. The first kappa shape index (κ1) is 14.2. The highest BCUT2D eigenvalue weighted by molar-refractivity contribution is 5.73. The molecule has 4 nitrogen and oxygen atoms in total. The molecule has 0 bridgehead atoms. The number of carbonyl (C=O) groups is 1. The van der Waals surface area contributed by atoms with E-state index in [9.17, 15) is 4.79 Å². The summed E-state index contributed by atoms with van der Waals surface area (Å²) in [6, 6.07) is 18.2. The Kier molecular flexibility index (Phi) is 4.10. The summed E-state index contributed by atoms with van der Waals surface area (Å²) in [4.78, 5) is 11.2. The highest BCUT2D eigenvalue weighted by Gasteiger charge is 2.14. The van der Waals surface area contributed by atoms with Crippen LogP contribution in [0.1, 0.15) is 34.2 Å². The lowest BCUT2D eigenvalue weighted by atomic mass is 10.1. The van der Waals surface area contributed by atoms with Gasteiger partial charge in [0.2, 0.25) is 0 Å². The summed E-state index contributed by atoms with van der Waals surface area (Å²) in [5.74, 6) is 0. The van der Waals surface area contributed by atoms with E-state index in [0.717, 1.165) is 29.7 Å². The van der Waals surface area contributed by atoms with E-state index < -0.39 is 0 Å². The number of hydrogen-bond donors (Lipinski definition) is 0. The zero-order valence-electron chi connectivity index (χ0n) is 12.4. The first-order valence-electron chi connectivity index (χ1n) is 7.35. The molecule has 22 heavy (non-hydrogen) atoms. The average molecular weight is 291 g/mol. The normalized spacial score (nSPS) is 10.6. The van der Waals surface area contributed by atoms with Crippen molar-refractivity contribution in [2.75, 3.05) is 0 Å². The van der Waals surface area contributed by atoms with Gasteiger partial charge in [0.1, 0.15) is 5.69 Å².